The van der Waals surface area contributed by atoms with Crippen LogP contribution in [-0.2, 0) is 38.6 Å². The molecule has 2 aliphatic rings. The van der Waals surface area contributed by atoms with E-state index in [0.717, 1.165) is 47.9 Å². The molecule has 0 bridgehead atoms. The summed E-state index contributed by atoms with van der Waals surface area (Å²) in [6.45, 7) is 2.58. The Bertz CT molecular complexity index is 1290. The molecule has 3 aromatic carbocycles. The Morgan fingerprint density at radius 2 is 1.65 bits per heavy atom. The van der Waals surface area contributed by atoms with Crippen LogP contribution in [0.3, 0.4) is 0 Å². The number of esters is 1. The number of fused-ring (bicyclic) bond motifs is 1. The number of methoxy groups -OCH3 is 1. The van der Waals surface area contributed by atoms with Crippen LogP contribution < -0.4 is 9.47 Å². The highest BCUT2D eigenvalue weighted by molar-refractivity contribution is 5.89. The molecule has 0 aromatic heterocycles. The van der Waals surface area contributed by atoms with Gasteiger partial charge in [-0.2, -0.15) is 0 Å². The lowest BCUT2D eigenvalue weighted by molar-refractivity contribution is -0.163. The lowest BCUT2D eigenvalue weighted by Gasteiger charge is -2.38. The van der Waals surface area contributed by atoms with Crippen LogP contribution in [0.15, 0.2) is 72.8 Å². The van der Waals surface area contributed by atoms with Crippen molar-refractivity contribution in [1.29, 1.82) is 0 Å². The highest BCUT2D eigenvalue weighted by atomic mass is 16.5. The van der Waals surface area contributed by atoms with Crippen LogP contribution >= 0.6 is 0 Å². The smallest absolute Gasteiger partial charge is 0.329 e. The zero-order chi connectivity index (χ0) is 27.9. The summed E-state index contributed by atoms with van der Waals surface area (Å²) >= 11 is 0. The highest BCUT2D eigenvalue weighted by Crippen LogP contribution is 2.40. The van der Waals surface area contributed by atoms with Gasteiger partial charge in [0.2, 0.25) is 0 Å². The van der Waals surface area contributed by atoms with Crippen LogP contribution in [0.1, 0.15) is 61.0 Å². The van der Waals surface area contributed by atoms with Gasteiger partial charge in [0.05, 0.1) is 19.8 Å². The molecule has 40 heavy (non-hydrogen) atoms. The number of ether oxygens (including phenoxy) is 4. The maximum absolute atomic E-state index is 14.3. The van der Waals surface area contributed by atoms with E-state index in [4.69, 9.17) is 18.9 Å². The van der Waals surface area contributed by atoms with E-state index in [1.807, 2.05) is 72.8 Å². The molecular weight excluding hydrogens is 506 g/mol. The molecule has 3 aromatic rings. The molecule has 1 aliphatic carbocycles. The molecule has 7 nitrogen and oxygen atoms in total. The molecule has 0 radical (unpaired) electrons. The minimum Gasteiger partial charge on any atom is -0.493 e. The van der Waals surface area contributed by atoms with Gasteiger partial charge >= 0.3 is 5.97 Å². The van der Waals surface area contributed by atoms with E-state index < -0.39 is 18.1 Å². The van der Waals surface area contributed by atoms with Crippen molar-refractivity contribution in [2.45, 2.75) is 70.4 Å². The Kier molecular flexibility index (Phi) is 9.01. The molecule has 1 aliphatic heterocycles. The molecule has 7 heteroatoms. The third kappa shape index (κ3) is 6.15. The minimum absolute atomic E-state index is 0.0227. The van der Waals surface area contributed by atoms with Gasteiger partial charge in [-0.15, -0.1) is 0 Å². The third-order valence-corrected chi connectivity index (χ3v) is 7.68. The number of carbonyl (C=O) groups excluding carboxylic acids is 2. The van der Waals surface area contributed by atoms with Gasteiger partial charge < -0.3 is 23.8 Å². The van der Waals surface area contributed by atoms with Crippen molar-refractivity contribution >= 4 is 11.9 Å². The maximum Gasteiger partial charge on any atom is 0.329 e. The lowest BCUT2D eigenvalue weighted by atomic mass is 9.91. The van der Waals surface area contributed by atoms with Crippen molar-refractivity contribution in [3.8, 4) is 11.5 Å². The number of carbonyl (C=O) groups is 2. The van der Waals surface area contributed by atoms with Gasteiger partial charge in [-0.3, -0.25) is 4.79 Å². The first-order chi connectivity index (χ1) is 19.6. The first-order valence-electron chi connectivity index (χ1n) is 14.1. The normalized spacial score (nSPS) is 17.6. The minimum atomic E-state index is -0.815. The number of benzene rings is 3. The molecule has 0 saturated heterocycles. The number of nitrogens with zero attached hydrogens (tertiary/aromatic N) is 1. The van der Waals surface area contributed by atoms with Crippen LogP contribution in [0.4, 0.5) is 0 Å². The van der Waals surface area contributed by atoms with Crippen molar-refractivity contribution in [1.82, 2.24) is 4.90 Å². The lowest BCUT2D eigenvalue weighted by Crippen LogP contribution is -2.51. The Labute approximate surface area is 236 Å². The van der Waals surface area contributed by atoms with Crippen molar-refractivity contribution in [2.75, 3.05) is 13.7 Å². The molecule has 1 amide bonds. The average molecular weight is 544 g/mol. The fourth-order valence-electron chi connectivity index (χ4n) is 5.62. The molecule has 1 fully saturated rings. The third-order valence-electron chi connectivity index (χ3n) is 7.68. The van der Waals surface area contributed by atoms with Gasteiger partial charge in [-0.25, -0.2) is 4.79 Å². The summed E-state index contributed by atoms with van der Waals surface area (Å²) in [6.07, 6.45) is 3.54. The van der Waals surface area contributed by atoms with Crippen LogP contribution in [0.5, 0.6) is 11.5 Å². The molecule has 0 unspecified atom stereocenters. The fraction of sp³-hybridized carbons (Fsp3) is 0.394. The summed E-state index contributed by atoms with van der Waals surface area (Å²) in [4.78, 5) is 29.2. The van der Waals surface area contributed by atoms with Gasteiger partial charge in [-0.1, -0.05) is 79.6 Å². The number of amides is 1. The zero-order valence-corrected chi connectivity index (χ0v) is 23.2. The predicted octanol–water partition coefficient (Wildman–Crippen LogP) is 5.79. The van der Waals surface area contributed by atoms with Gasteiger partial charge in [0.15, 0.2) is 17.6 Å². The van der Waals surface area contributed by atoms with Crippen LogP contribution in [-0.4, -0.2) is 42.6 Å². The maximum atomic E-state index is 14.3. The van der Waals surface area contributed by atoms with E-state index in [9.17, 15) is 9.59 Å². The summed E-state index contributed by atoms with van der Waals surface area (Å²) in [6, 6.07) is 22.4. The molecule has 1 heterocycles. The van der Waals surface area contributed by atoms with Crippen LogP contribution in [0.25, 0.3) is 0 Å². The standard InChI is InChI=1S/C33H37NO6/c1-3-38-33(36)28-20-27-25(18-19-29(37-2)31(27)39-22-23-12-6-4-7-13-23)21-34(28)32(35)30(24-14-8-5-9-15-24)40-26-16-10-11-17-26/h4-9,12-15,18-19,26,28,30H,3,10-11,16-17,20-22H2,1-2H3/t28-,30+/m0/s1. The van der Waals surface area contributed by atoms with Crippen molar-refractivity contribution < 1.29 is 28.5 Å². The second-order valence-corrected chi connectivity index (χ2v) is 10.3. The van der Waals surface area contributed by atoms with Gasteiger partial charge in [-0.05, 0) is 42.5 Å². The summed E-state index contributed by atoms with van der Waals surface area (Å²) in [5.41, 5.74) is 3.57. The SMILES string of the molecule is CCOC(=O)[C@@H]1Cc2c(ccc(OC)c2OCc2ccccc2)CN1C(=O)[C@H](OC1CCCC1)c1ccccc1. The predicted molar refractivity (Wildman–Crippen MR) is 151 cm³/mol. The van der Waals surface area contributed by atoms with Gasteiger partial charge in [0.1, 0.15) is 12.6 Å². The Hall–Kier alpha value is -3.84. The second-order valence-electron chi connectivity index (χ2n) is 10.3. The van der Waals surface area contributed by atoms with Crippen molar-refractivity contribution in [3.05, 3.63) is 95.1 Å². The molecule has 1 saturated carbocycles. The summed E-state index contributed by atoms with van der Waals surface area (Å²) in [5.74, 6) is 0.506. The number of hydrogen-bond donors (Lipinski definition) is 0. The topological polar surface area (TPSA) is 74.3 Å². The first kappa shape index (κ1) is 27.7. The summed E-state index contributed by atoms with van der Waals surface area (Å²) in [7, 11) is 1.60. The largest absolute Gasteiger partial charge is 0.493 e. The highest BCUT2D eigenvalue weighted by Gasteiger charge is 2.41. The van der Waals surface area contributed by atoms with Crippen LogP contribution in [0.2, 0.25) is 0 Å². The summed E-state index contributed by atoms with van der Waals surface area (Å²) < 4.78 is 23.9. The summed E-state index contributed by atoms with van der Waals surface area (Å²) in [5, 5.41) is 0. The Morgan fingerprint density at radius 1 is 0.950 bits per heavy atom. The molecule has 5 rings (SSSR count). The van der Waals surface area contributed by atoms with E-state index in [-0.39, 0.29) is 31.6 Å². The van der Waals surface area contributed by atoms with E-state index in [1.54, 1.807) is 18.9 Å². The molecule has 0 spiro atoms. The molecule has 0 N–H and O–H groups in total. The van der Waals surface area contributed by atoms with E-state index in [0.29, 0.717) is 18.1 Å². The molecular formula is C33H37NO6. The first-order valence-corrected chi connectivity index (χ1v) is 14.1. The average Bonchev–Trinajstić information content (AvgIpc) is 3.52. The Morgan fingerprint density at radius 3 is 2.33 bits per heavy atom. The van der Waals surface area contributed by atoms with E-state index >= 15 is 0 Å². The monoisotopic (exact) mass is 543 g/mol. The van der Waals surface area contributed by atoms with Crippen molar-refractivity contribution in [2.24, 2.45) is 0 Å². The van der Waals surface area contributed by atoms with Gasteiger partial charge in [0.25, 0.3) is 5.91 Å². The molecule has 2 atom stereocenters. The van der Waals surface area contributed by atoms with Crippen LogP contribution in [0, 0.1) is 0 Å². The van der Waals surface area contributed by atoms with E-state index in [1.165, 1.54) is 0 Å². The Balaban J connectivity index is 1.49. The second kappa shape index (κ2) is 13.0. The quantitative estimate of drug-likeness (QED) is 0.301. The fourth-order valence-corrected chi connectivity index (χ4v) is 5.62. The zero-order valence-electron chi connectivity index (χ0n) is 23.2. The number of hydrogen-bond acceptors (Lipinski definition) is 6. The van der Waals surface area contributed by atoms with Gasteiger partial charge in [0, 0.05) is 18.5 Å². The van der Waals surface area contributed by atoms with Crippen molar-refractivity contribution in [3.63, 3.8) is 0 Å². The number of rotatable bonds is 10. The molecule has 210 valence electrons. The van der Waals surface area contributed by atoms with E-state index in [2.05, 4.69) is 0 Å².